The Balaban J connectivity index is 2.79. The van der Waals surface area contributed by atoms with Crippen LogP contribution in [-0.4, -0.2) is 11.1 Å². The Hall–Kier alpha value is -1.79. The Kier molecular flexibility index (Phi) is 3.27. The number of esters is 1. The highest BCUT2D eigenvalue weighted by atomic mass is 16.5. The van der Waals surface area contributed by atoms with Gasteiger partial charge < -0.3 is 9.84 Å². The van der Waals surface area contributed by atoms with Crippen molar-refractivity contribution in [3.63, 3.8) is 0 Å². The minimum atomic E-state index is -0.915. The van der Waals surface area contributed by atoms with Gasteiger partial charge in [0.1, 0.15) is 11.9 Å². The maximum atomic E-state index is 10.6. The summed E-state index contributed by atoms with van der Waals surface area (Å²) < 4.78 is 4.81. The molecule has 14 heavy (non-hydrogen) atoms. The first-order chi connectivity index (χ1) is 6.63. The summed E-state index contributed by atoms with van der Waals surface area (Å²) in [6, 6.07) is 6.39. The van der Waals surface area contributed by atoms with Crippen LogP contribution in [0.4, 0.5) is 0 Å². The number of hydrogen-bond donors (Lipinski definition) is 1. The van der Waals surface area contributed by atoms with Crippen molar-refractivity contribution in [2.75, 3.05) is 0 Å². The van der Waals surface area contributed by atoms with E-state index in [0.29, 0.717) is 11.3 Å². The van der Waals surface area contributed by atoms with Crippen LogP contribution in [0.5, 0.6) is 5.75 Å². The van der Waals surface area contributed by atoms with Crippen molar-refractivity contribution in [1.29, 1.82) is 0 Å². The van der Waals surface area contributed by atoms with Gasteiger partial charge in [0.25, 0.3) is 0 Å². The first-order valence-corrected chi connectivity index (χ1v) is 4.06. The Morgan fingerprint density at radius 2 is 2.07 bits per heavy atom. The fourth-order valence-electron chi connectivity index (χ4n) is 0.980. The monoisotopic (exact) mass is 190 g/mol. The van der Waals surface area contributed by atoms with Crippen molar-refractivity contribution in [1.82, 2.24) is 0 Å². The smallest absolute Gasteiger partial charge is 0.308 e. The molecule has 1 aromatic rings. The fraction of sp³-hybridized carbons (Fsp3) is 0.182. The lowest BCUT2D eigenvalue weighted by Crippen LogP contribution is -2.01. The lowest BCUT2D eigenvalue weighted by molar-refractivity contribution is -0.131. The Labute approximate surface area is 82.3 Å². The van der Waals surface area contributed by atoms with E-state index in [9.17, 15) is 9.90 Å². The Bertz CT molecular complexity index is 359. The van der Waals surface area contributed by atoms with Crippen LogP contribution in [0, 0.1) is 12.3 Å². The second-order valence-electron chi connectivity index (χ2n) is 2.73. The number of aliphatic hydroxyl groups excluding tert-OH is 1. The van der Waals surface area contributed by atoms with Gasteiger partial charge in [-0.15, -0.1) is 6.42 Å². The maximum Gasteiger partial charge on any atom is 0.308 e. The van der Waals surface area contributed by atoms with E-state index in [1.807, 2.05) is 0 Å². The van der Waals surface area contributed by atoms with Crippen LogP contribution in [0.1, 0.15) is 18.6 Å². The van der Waals surface area contributed by atoms with Crippen LogP contribution in [0.25, 0.3) is 0 Å². The zero-order valence-electron chi connectivity index (χ0n) is 7.73. The number of hydrogen-bond acceptors (Lipinski definition) is 3. The SMILES string of the molecule is C#CC(O)c1ccc(OC(C)=O)cc1. The molecule has 72 valence electrons. The van der Waals surface area contributed by atoms with Crippen molar-refractivity contribution in [2.45, 2.75) is 13.0 Å². The Morgan fingerprint density at radius 3 is 2.50 bits per heavy atom. The minimum Gasteiger partial charge on any atom is -0.427 e. The van der Waals surface area contributed by atoms with E-state index in [4.69, 9.17) is 11.2 Å². The van der Waals surface area contributed by atoms with Gasteiger partial charge in [0.2, 0.25) is 0 Å². The number of rotatable bonds is 2. The maximum absolute atomic E-state index is 10.6. The summed E-state index contributed by atoms with van der Waals surface area (Å²) in [5, 5.41) is 9.26. The molecule has 0 saturated carbocycles. The van der Waals surface area contributed by atoms with E-state index < -0.39 is 6.10 Å². The zero-order chi connectivity index (χ0) is 10.6. The van der Waals surface area contributed by atoms with Crippen LogP contribution >= 0.6 is 0 Å². The normalized spacial score (nSPS) is 11.5. The molecule has 0 fully saturated rings. The topological polar surface area (TPSA) is 46.5 Å². The second-order valence-corrected chi connectivity index (χ2v) is 2.73. The van der Waals surface area contributed by atoms with E-state index in [2.05, 4.69) is 5.92 Å². The summed E-state index contributed by atoms with van der Waals surface area (Å²) >= 11 is 0. The average molecular weight is 190 g/mol. The molecule has 0 radical (unpaired) electrons. The number of benzene rings is 1. The van der Waals surface area contributed by atoms with Crippen molar-refractivity contribution >= 4 is 5.97 Å². The largest absolute Gasteiger partial charge is 0.427 e. The minimum absolute atomic E-state index is 0.379. The molecule has 1 N–H and O–H groups in total. The lowest BCUT2D eigenvalue weighted by Gasteiger charge is -2.05. The molecule has 0 aromatic heterocycles. The Morgan fingerprint density at radius 1 is 1.50 bits per heavy atom. The van der Waals surface area contributed by atoms with Crippen LogP contribution in [0.3, 0.4) is 0 Å². The van der Waals surface area contributed by atoms with Crippen LogP contribution in [-0.2, 0) is 4.79 Å². The third-order valence-corrected chi connectivity index (χ3v) is 1.62. The van der Waals surface area contributed by atoms with Crippen LogP contribution in [0.15, 0.2) is 24.3 Å². The molecule has 0 bridgehead atoms. The molecular formula is C11H10O3. The van der Waals surface area contributed by atoms with Crippen LogP contribution in [0.2, 0.25) is 0 Å². The van der Waals surface area contributed by atoms with E-state index in [-0.39, 0.29) is 5.97 Å². The number of carbonyl (C=O) groups is 1. The van der Waals surface area contributed by atoms with Crippen molar-refractivity contribution in [2.24, 2.45) is 0 Å². The predicted octanol–water partition coefficient (Wildman–Crippen LogP) is 1.28. The molecule has 0 heterocycles. The molecule has 0 saturated heterocycles. The third kappa shape index (κ3) is 2.61. The predicted molar refractivity (Wildman–Crippen MR) is 51.5 cm³/mol. The molecule has 1 atom stereocenters. The van der Waals surface area contributed by atoms with Gasteiger partial charge in [-0.25, -0.2) is 0 Å². The standard InChI is InChI=1S/C11H10O3/c1-3-11(13)9-4-6-10(7-5-9)14-8(2)12/h1,4-7,11,13H,2H3. The number of terminal acetylenes is 1. The van der Waals surface area contributed by atoms with Gasteiger partial charge >= 0.3 is 5.97 Å². The zero-order valence-corrected chi connectivity index (χ0v) is 7.73. The van der Waals surface area contributed by atoms with Crippen LogP contribution < -0.4 is 4.74 Å². The summed E-state index contributed by atoms with van der Waals surface area (Å²) in [4.78, 5) is 10.6. The summed E-state index contributed by atoms with van der Waals surface area (Å²) in [5.74, 6) is 2.25. The molecule has 3 nitrogen and oxygen atoms in total. The molecular weight excluding hydrogens is 180 g/mol. The van der Waals surface area contributed by atoms with Crippen molar-refractivity contribution in [3.8, 4) is 18.1 Å². The fourth-order valence-corrected chi connectivity index (χ4v) is 0.980. The molecule has 3 heteroatoms. The van der Waals surface area contributed by atoms with E-state index in [0.717, 1.165) is 0 Å². The molecule has 1 unspecified atom stereocenters. The summed E-state index contributed by atoms with van der Waals surface area (Å²) in [6.45, 7) is 1.32. The molecule has 0 aliphatic rings. The van der Waals surface area contributed by atoms with E-state index in [1.165, 1.54) is 6.92 Å². The summed E-state index contributed by atoms with van der Waals surface area (Å²) in [5.41, 5.74) is 0.600. The second kappa shape index (κ2) is 4.45. The molecule has 0 aliphatic heterocycles. The highest BCUT2D eigenvalue weighted by Crippen LogP contribution is 2.17. The number of carbonyl (C=O) groups excluding carboxylic acids is 1. The van der Waals surface area contributed by atoms with Gasteiger partial charge in [-0.05, 0) is 17.7 Å². The quantitative estimate of drug-likeness (QED) is 0.434. The van der Waals surface area contributed by atoms with E-state index >= 15 is 0 Å². The van der Waals surface area contributed by atoms with Gasteiger partial charge in [-0.1, -0.05) is 18.1 Å². The first kappa shape index (κ1) is 10.3. The number of aliphatic hydroxyl groups is 1. The van der Waals surface area contributed by atoms with Crippen molar-refractivity contribution < 1.29 is 14.6 Å². The number of ether oxygens (including phenoxy) is 1. The summed E-state index contributed by atoms with van der Waals surface area (Å²) in [6.07, 6.45) is 4.12. The van der Waals surface area contributed by atoms with Gasteiger partial charge in [0.05, 0.1) is 0 Å². The highest BCUT2D eigenvalue weighted by molar-refractivity contribution is 5.69. The molecule has 0 spiro atoms. The van der Waals surface area contributed by atoms with Gasteiger partial charge in [-0.2, -0.15) is 0 Å². The van der Waals surface area contributed by atoms with Gasteiger partial charge in [0, 0.05) is 6.92 Å². The highest BCUT2D eigenvalue weighted by Gasteiger charge is 2.03. The molecule has 1 rings (SSSR count). The third-order valence-electron chi connectivity index (χ3n) is 1.62. The molecule has 0 aliphatic carbocycles. The van der Waals surface area contributed by atoms with E-state index in [1.54, 1.807) is 24.3 Å². The molecule has 1 aromatic carbocycles. The van der Waals surface area contributed by atoms with Gasteiger partial charge in [0.15, 0.2) is 0 Å². The first-order valence-electron chi connectivity index (χ1n) is 4.06. The average Bonchev–Trinajstić information content (AvgIpc) is 2.17. The lowest BCUT2D eigenvalue weighted by atomic mass is 10.1. The van der Waals surface area contributed by atoms with Crippen molar-refractivity contribution in [3.05, 3.63) is 29.8 Å². The molecule has 0 amide bonds. The summed E-state index contributed by atoms with van der Waals surface area (Å²) in [7, 11) is 0. The van der Waals surface area contributed by atoms with Gasteiger partial charge in [-0.3, -0.25) is 4.79 Å².